The number of halogens is 1. The Balaban J connectivity index is 1.49. The van der Waals surface area contributed by atoms with Crippen LogP contribution in [0, 0.1) is 5.92 Å². The molecule has 2 aliphatic heterocycles. The van der Waals surface area contributed by atoms with E-state index in [9.17, 15) is 18.0 Å². The van der Waals surface area contributed by atoms with Gasteiger partial charge in [-0.15, -0.1) is 0 Å². The highest BCUT2D eigenvalue weighted by Crippen LogP contribution is 2.39. The Bertz CT molecular complexity index is 1500. The fourth-order valence-corrected chi connectivity index (χ4v) is 6.62. The molecule has 2 unspecified atom stereocenters. The highest BCUT2D eigenvalue weighted by atomic mass is 35.5. The third-order valence-corrected chi connectivity index (χ3v) is 8.90. The highest BCUT2D eigenvalue weighted by molar-refractivity contribution is 7.92. The van der Waals surface area contributed by atoms with Crippen LogP contribution in [0.4, 0.5) is 11.4 Å². The van der Waals surface area contributed by atoms with E-state index >= 15 is 0 Å². The van der Waals surface area contributed by atoms with Crippen LogP contribution >= 0.6 is 11.6 Å². The van der Waals surface area contributed by atoms with Gasteiger partial charge in [0.1, 0.15) is 0 Å². The Morgan fingerprint density at radius 3 is 2.61 bits per heavy atom. The van der Waals surface area contributed by atoms with Crippen molar-refractivity contribution in [3.8, 4) is 0 Å². The second-order valence-electron chi connectivity index (χ2n) is 10.0. The number of fused-ring (bicyclic) bond motifs is 4. The van der Waals surface area contributed by atoms with Gasteiger partial charge in [0.05, 0.1) is 16.3 Å². The van der Waals surface area contributed by atoms with E-state index in [-0.39, 0.29) is 28.2 Å². The summed E-state index contributed by atoms with van der Waals surface area (Å²) in [6.45, 7) is 4.54. The molecule has 2 bridgehead atoms. The molecule has 1 fully saturated rings. The molecule has 0 radical (unpaired) electrons. The summed E-state index contributed by atoms with van der Waals surface area (Å²) in [5, 5.41) is 3.34. The molecule has 1 amide bonds. The van der Waals surface area contributed by atoms with Gasteiger partial charge < -0.3 is 14.8 Å². The predicted molar refractivity (Wildman–Crippen MR) is 150 cm³/mol. The van der Waals surface area contributed by atoms with Gasteiger partial charge in [-0.3, -0.25) is 14.3 Å². The molecule has 1 saturated heterocycles. The van der Waals surface area contributed by atoms with Gasteiger partial charge in [0, 0.05) is 54.4 Å². The number of pyridine rings is 1. The summed E-state index contributed by atoms with van der Waals surface area (Å²) < 4.78 is 31.2. The van der Waals surface area contributed by atoms with Gasteiger partial charge in [0.25, 0.3) is 21.5 Å². The molecule has 10 heteroatoms. The van der Waals surface area contributed by atoms with Crippen molar-refractivity contribution in [2.75, 3.05) is 29.3 Å². The maximum absolute atomic E-state index is 13.3. The predicted octanol–water partition coefficient (Wildman–Crippen LogP) is 4.46. The number of hydrogen-bond acceptors (Lipinski definition) is 5. The van der Waals surface area contributed by atoms with Gasteiger partial charge in [0.2, 0.25) is 0 Å². The minimum Gasteiger partial charge on any atom is -0.369 e. The van der Waals surface area contributed by atoms with Crippen LogP contribution in [0.1, 0.15) is 48.2 Å². The molecule has 5 rings (SSSR count). The minimum absolute atomic E-state index is 0.0144. The van der Waals surface area contributed by atoms with Gasteiger partial charge in [-0.05, 0) is 67.3 Å². The lowest BCUT2D eigenvalue weighted by atomic mass is 9.83. The van der Waals surface area contributed by atoms with Crippen molar-refractivity contribution < 1.29 is 13.2 Å². The fraction of sp³-hybridized carbons (Fsp3) is 0.357. The van der Waals surface area contributed by atoms with Crippen molar-refractivity contribution in [2.45, 2.75) is 43.5 Å². The summed E-state index contributed by atoms with van der Waals surface area (Å²) in [5.74, 6) is 0.147. The summed E-state index contributed by atoms with van der Waals surface area (Å²) in [6.07, 6.45) is 2.79. The van der Waals surface area contributed by atoms with E-state index in [0.29, 0.717) is 48.1 Å². The van der Waals surface area contributed by atoms with Crippen LogP contribution in [0.15, 0.2) is 70.4 Å². The largest absolute Gasteiger partial charge is 0.369 e. The molecule has 1 aromatic heterocycles. The van der Waals surface area contributed by atoms with Crippen LogP contribution < -0.4 is 20.5 Å². The minimum atomic E-state index is -3.94. The highest BCUT2D eigenvalue weighted by Gasteiger charge is 2.35. The van der Waals surface area contributed by atoms with Crippen molar-refractivity contribution in [3.05, 3.63) is 87.3 Å². The number of nitrogens with one attached hydrogen (secondary N) is 2. The molecule has 2 aromatic carbocycles. The van der Waals surface area contributed by atoms with Crippen LogP contribution in [0.5, 0.6) is 0 Å². The SMILES string of the molecule is CCCCNC(=O)c1ccc(N2CC3CC(C2)c2cccc(=O)n2C3)c(NS(=O)(=O)c2ccc(Cl)cc2)c1. The quantitative estimate of drug-likeness (QED) is 0.401. The molecule has 38 heavy (non-hydrogen) atoms. The molecule has 2 atom stereocenters. The van der Waals surface area contributed by atoms with Gasteiger partial charge in [0.15, 0.2) is 0 Å². The smallest absolute Gasteiger partial charge is 0.261 e. The number of benzene rings is 2. The molecule has 0 spiro atoms. The van der Waals surface area contributed by atoms with Crippen molar-refractivity contribution in [3.63, 3.8) is 0 Å². The molecule has 3 heterocycles. The second-order valence-corrected chi connectivity index (χ2v) is 12.1. The first-order valence-corrected chi connectivity index (χ1v) is 14.8. The van der Waals surface area contributed by atoms with Crippen LogP contribution in [0.25, 0.3) is 0 Å². The molecule has 0 aliphatic carbocycles. The number of hydrogen-bond donors (Lipinski definition) is 2. The Morgan fingerprint density at radius 1 is 1.05 bits per heavy atom. The summed E-state index contributed by atoms with van der Waals surface area (Å²) in [6, 6.07) is 16.5. The van der Waals surface area contributed by atoms with E-state index in [0.717, 1.165) is 25.0 Å². The third kappa shape index (κ3) is 5.44. The molecule has 8 nitrogen and oxygen atoms in total. The lowest BCUT2D eigenvalue weighted by Crippen LogP contribution is -2.47. The van der Waals surface area contributed by atoms with Gasteiger partial charge in [-0.25, -0.2) is 8.42 Å². The van der Waals surface area contributed by atoms with Crippen molar-refractivity contribution >= 4 is 38.9 Å². The number of rotatable bonds is 8. The van der Waals surface area contributed by atoms with Crippen molar-refractivity contribution in [1.29, 1.82) is 0 Å². The average molecular weight is 555 g/mol. The first-order valence-electron chi connectivity index (χ1n) is 12.9. The molecule has 200 valence electrons. The molecule has 2 aliphatic rings. The van der Waals surface area contributed by atoms with E-state index in [1.807, 2.05) is 23.6 Å². The van der Waals surface area contributed by atoms with Gasteiger partial charge in [-0.1, -0.05) is 31.0 Å². The Kier molecular flexibility index (Phi) is 7.49. The number of anilines is 2. The monoisotopic (exact) mass is 554 g/mol. The zero-order valence-corrected chi connectivity index (χ0v) is 22.8. The van der Waals surface area contributed by atoms with Crippen LogP contribution in [-0.2, 0) is 16.6 Å². The number of nitrogens with zero attached hydrogens (tertiary/aromatic N) is 2. The number of aromatic nitrogens is 1. The van der Waals surface area contributed by atoms with E-state index in [1.54, 1.807) is 24.3 Å². The van der Waals surface area contributed by atoms with E-state index in [4.69, 9.17) is 11.6 Å². The van der Waals surface area contributed by atoms with E-state index in [2.05, 4.69) is 14.9 Å². The number of unbranched alkanes of at least 4 members (excludes halogenated alkanes) is 1. The Morgan fingerprint density at radius 2 is 1.84 bits per heavy atom. The van der Waals surface area contributed by atoms with Gasteiger partial charge in [-0.2, -0.15) is 0 Å². The first-order chi connectivity index (χ1) is 18.2. The molecular formula is C28H31ClN4O4S. The van der Waals surface area contributed by atoms with Crippen LogP contribution in [0.2, 0.25) is 5.02 Å². The van der Waals surface area contributed by atoms with Crippen molar-refractivity contribution in [2.24, 2.45) is 5.92 Å². The second kappa shape index (κ2) is 10.8. The lowest BCUT2D eigenvalue weighted by molar-refractivity contribution is 0.0953. The molecule has 3 aromatic rings. The molecular weight excluding hydrogens is 524 g/mol. The summed E-state index contributed by atoms with van der Waals surface area (Å²) >= 11 is 5.96. The summed E-state index contributed by atoms with van der Waals surface area (Å²) in [7, 11) is -3.94. The summed E-state index contributed by atoms with van der Waals surface area (Å²) in [4.78, 5) is 27.5. The topological polar surface area (TPSA) is 101 Å². The number of carbonyl (C=O) groups is 1. The van der Waals surface area contributed by atoms with Gasteiger partial charge >= 0.3 is 0 Å². The normalized spacial score (nSPS) is 18.5. The van der Waals surface area contributed by atoms with E-state index in [1.165, 1.54) is 24.3 Å². The zero-order valence-electron chi connectivity index (χ0n) is 21.2. The Labute approximate surface area is 227 Å². The molecule has 0 saturated carbocycles. The fourth-order valence-electron chi connectivity index (χ4n) is 5.43. The average Bonchev–Trinajstić information content (AvgIpc) is 2.89. The maximum Gasteiger partial charge on any atom is 0.261 e. The summed E-state index contributed by atoms with van der Waals surface area (Å²) in [5.41, 5.74) is 2.45. The van der Waals surface area contributed by atoms with Crippen LogP contribution in [0.3, 0.4) is 0 Å². The Hall–Kier alpha value is -3.30. The van der Waals surface area contributed by atoms with Crippen molar-refractivity contribution in [1.82, 2.24) is 9.88 Å². The molecule has 2 N–H and O–H groups in total. The number of piperidine rings is 1. The lowest BCUT2D eigenvalue weighted by Gasteiger charge is -2.44. The maximum atomic E-state index is 13.3. The first kappa shape index (κ1) is 26.3. The number of carbonyl (C=O) groups excluding carboxylic acids is 1. The number of sulfonamides is 1. The number of amides is 1. The standard InChI is InChI=1S/C28H31ClN4O4S/c1-2-3-13-30-28(35)20-7-12-26(24(15-20)31-38(36,37)23-10-8-22(29)9-11-23)32-16-19-14-21(18-32)25-5-4-6-27(34)33(25)17-19/h4-12,15,19,21,31H,2-3,13-14,16-18H2,1H3,(H,30,35). The zero-order chi connectivity index (χ0) is 26.9. The van der Waals surface area contributed by atoms with E-state index < -0.39 is 10.0 Å². The third-order valence-electron chi connectivity index (χ3n) is 7.26. The van der Waals surface area contributed by atoms with Crippen LogP contribution in [-0.4, -0.2) is 38.5 Å².